The Kier molecular flexibility index (Phi) is 2.56. The molecule has 1 aromatic carbocycles. The maximum absolute atomic E-state index is 10.7. The van der Waals surface area contributed by atoms with E-state index in [1.807, 2.05) is 6.07 Å². The molecule has 0 radical (unpaired) electrons. The van der Waals surface area contributed by atoms with Gasteiger partial charge in [-0.05, 0) is 30.9 Å². The Morgan fingerprint density at radius 2 is 2.24 bits per heavy atom. The van der Waals surface area contributed by atoms with Gasteiger partial charge in [0.1, 0.15) is 5.02 Å². The van der Waals surface area contributed by atoms with Gasteiger partial charge < -0.3 is 5.32 Å². The van der Waals surface area contributed by atoms with Crippen molar-refractivity contribution in [1.82, 2.24) is 5.32 Å². The van der Waals surface area contributed by atoms with Gasteiger partial charge in [-0.15, -0.1) is 0 Å². The van der Waals surface area contributed by atoms with Crippen molar-refractivity contribution in [2.24, 2.45) is 0 Å². The quantitative estimate of drug-likeness (QED) is 0.650. The Bertz CT molecular complexity index is 478. The molecule has 2 fully saturated rings. The number of nitrogens with zero attached hydrogens (tertiary/aromatic N) is 1. The Balaban J connectivity index is 1.89. The number of nitro groups is 1. The minimum Gasteiger partial charge on any atom is -0.311 e. The predicted octanol–water partition coefficient (Wildman–Crippen LogP) is 2.86. The second kappa shape index (κ2) is 3.96. The van der Waals surface area contributed by atoms with E-state index in [2.05, 4.69) is 5.32 Å². The van der Waals surface area contributed by atoms with E-state index in [-0.39, 0.29) is 10.7 Å². The molecule has 2 aliphatic rings. The zero-order valence-corrected chi connectivity index (χ0v) is 9.98. The van der Waals surface area contributed by atoms with E-state index in [0.29, 0.717) is 18.0 Å². The van der Waals surface area contributed by atoms with Crippen LogP contribution in [0.5, 0.6) is 0 Å². The fraction of sp³-hybridized carbons (Fsp3) is 0.500. The van der Waals surface area contributed by atoms with Gasteiger partial charge in [0, 0.05) is 24.1 Å². The summed E-state index contributed by atoms with van der Waals surface area (Å²) in [6.45, 7) is 0. The van der Waals surface area contributed by atoms with Crippen LogP contribution in [-0.2, 0) is 0 Å². The summed E-state index contributed by atoms with van der Waals surface area (Å²) in [4.78, 5) is 10.3. The van der Waals surface area contributed by atoms with Crippen LogP contribution >= 0.6 is 11.6 Å². The third kappa shape index (κ3) is 1.81. The number of nitrogens with one attached hydrogen (secondary N) is 1. The highest BCUT2D eigenvalue weighted by molar-refractivity contribution is 6.32. The van der Waals surface area contributed by atoms with Crippen molar-refractivity contribution in [2.45, 2.75) is 37.3 Å². The van der Waals surface area contributed by atoms with Gasteiger partial charge in [0.25, 0.3) is 5.69 Å². The molecule has 2 saturated heterocycles. The lowest BCUT2D eigenvalue weighted by atomic mass is 9.84. The summed E-state index contributed by atoms with van der Waals surface area (Å²) >= 11 is 5.94. The molecule has 3 unspecified atom stereocenters. The second-order valence-corrected chi connectivity index (χ2v) is 5.26. The largest absolute Gasteiger partial charge is 0.311 e. The molecule has 0 spiro atoms. The standard InChI is InChI=1S/C12H13ClN2O2/c13-10-5-7(1-4-12(10)15(16)17)9-6-8-2-3-11(9)14-8/h1,4-5,8-9,11,14H,2-3,6H2. The molecule has 17 heavy (non-hydrogen) atoms. The van der Waals surface area contributed by atoms with Crippen LogP contribution in [0, 0.1) is 10.1 Å². The summed E-state index contributed by atoms with van der Waals surface area (Å²) in [6, 6.07) is 6.27. The van der Waals surface area contributed by atoms with Crippen LogP contribution in [0.3, 0.4) is 0 Å². The van der Waals surface area contributed by atoms with Crippen molar-refractivity contribution in [3.63, 3.8) is 0 Å². The molecule has 1 aromatic rings. The topological polar surface area (TPSA) is 55.2 Å². The van der Waals surface area contributed by atoms with Crippen molar-refractivity contribution in [3.05, 3.63) is 38.9 Å². The maximum Gasteiger partial charge on any atom is 0.287 e. The Morgan fingerprint density at radius 3 is 2.76 bits per heavy atom. The predicted molar refractivity (Wildman–Crippen MR) is 65.4 cm³/mol. The van der Waals surface area contributed by atoms with E-state index in [1.165, 1.54) is 18.9 Å². The van der Waals surface area contributed by atoms with Crippen molar-refractivity contribution in [1.29, 1.82) is 0 Å². The number of nitro benzene ring substituents is 1. The van der Waals surface area contributed by atoms with Crippen molar-refractivity contribution in [3.8, 4) is 0 Å². The van der Waals surface area contributed by atoms with Crippen molar-refractivity contribution >= 4 is 17.3 Å². The van der Waals surface area contributed by atoms with Crippen molar-refractivity contribution < 1.29 is 4.92 Å². The molecule has 2 aliphatic heterocycles. The summed E-state index contributed by atoms with van der Waals surface area (Å²) < 4.78 is 0. The van der Waals surface area contributed by atoms with Gasteiger partial charge in [-0.25, -0.2) is 0 Å². The summed E-state index contributed by atoms with van der Waals surface area (Å²) in [7, 11) is 0. The van der Waals surface area contributed by atoms with Gasteiger partial charge in [-0.2, -0.15) is 0 Å². The lowest BCUT2D eigenvalue weighted by Crippen LogP contribution is -2.21. The normalized spacial score (nSPS) is 30.8. The third-order valence-electron chi connectivity index (χ3n) is 3.90. The van der Waals surface area contributed by atoms with Gasteiger partial charge in [0.2, 0.25) is 0 Å². The zero-order valence-electron chi connectivity index (χ0n) is 9.23. The average Bonchev–Trinajstić information content (AvgIpc) is 2.89. The first kappa shape index (κ1) is 11.0. The number of halogens is 1. The van der Waals surface area contributed by atoms with Gasteiger partial charge in [-0.1, -0.05) is 17.7 Å². The van der Waals surface area contributed by atoms with Crippen LogP contribution in [0.4, 0.5) is 5.69 Å². The van der Waals surface area contributed by atoms with Crippen LogP contribution in [0.25, 0.3) is 0 Å². The molecule has 0 aromatic heterocycles. The molecule has 4 nitrogen and oxygen atoms in total. The molecule has 0 saturated carbocycles. The van der Waals surface area contributed by atoms with E-state index < -0.39 is 4.92 Å². The smallest absolute Gasteiger partial charge is 0.287 e. The van der Waals surface area contributed by atoms with Crippen LogP contribution in [0.1, 0.15) is 30.7 Å². The first-order valence-corrected chi connectivity index (χ1v) is 6.23. The SMILES string of the molecule is O=[N+]([O-])c1ccc(C2CC3CCC2N3)cc1Cl. The van der Waals surface area contributed by atoms with Crippen LogP contribution in [0.2, 0.25) is 5.02 Å². The molecule has 3 atom stereocenters. The zero-order chi connectivity index (χ0) is 12.0. The molecule has 2 heterocycles. The molecular weight excluding hydrogens is 240 g/mol. The minimum absolute atomic E-state index is 0.00784. The lowest BCUT2D eigenvalue weighted by molar-refractivity contribution is -0.384. The van der Waals surface area contributed by atoms with E-state index in [9.17, 15) is 10.1 Å². The highest BCUT2D eigenvalue weighted by Gasteiger charge is 2.39. The second-order valence-electron chi connectivity index (χ2n) is 4.86. The highest BCUT2D eigenvalue weighted by atomic mass is 35.5. The lowest BCUT2D eigenvalue weighted by Gasteiger charge is -2.20. The first-order valence-electron chi connectivity index (χ1n) is 5.85. The number of fused-ring (bicyclic) bond motifs is 2. The maximum atomic E-state index is 10.7. The van der Waals surface area contributed by atoms with Gasteiger partial charge in [0.05, 0.1) is 4.92 Å². The fourth-order valence-electron chi connectivity index (χ4n) is 3.09. The minimum atomic E-state index is -0.439. The van der Waals surface area contributed by atoms with Crippen LogP contribution in [0.15, 0.2) is 18.2 Å². The molecule has 0 amide bonds. The first-order chi connectivity index (χ1) is 8.15. The van der Waals surface area contributed by atoms with Crippen molar-refractivity contribution in [2.75, 3.05) is 0 Å². The monoisotopic (exact) mass is 252 g/mol. The molecule has 2 bridgehead atoms. The molecule has 3 rings (SSSR count). The Labute approximate surface area is 104 Å². The van der Waals surface area contributed by atoms with E-state index in [1.54, 1.807) is 6.07 Å². The van der Waals surface area contributed by atoms with E-state index in [0.717, 1.165) is 12.0 Å². The average molecular weight is 253 g/mol. The van der Waals surface area contributed by atoms with Gasteiger partial charge in [0.15, 0.2) is 0 Å². The molecule has 0 aliphatic carbocycles. The van der Waals surface area contributed by atoms with E-state index in [4.69, 9.17) is 11.6 Å². The number of hydrogen-bond donors (Lipinski definition) is 1. The highest BCUT2D eigenvalue weighted by Crippen LogP contribution is 2.41. The number of rotatable bonds is 2. The van der Waals surface area contributed by atoms with E-state index >= 15 is 0 Å². The summed E-state index contributed by atoms with van der Waals surface area (Å²) in [5.74, 6) is 0.465. The molecule has 1 N–H and O–H groups in total. The van der Waals surface area contributed by atoms with Gasteiger partial charge >= 0.3 is 0 Å². The summed E-state index contributed by atoms with van der Waals surface area (Å²) in [6.07, 6.45) is 3.57. The number of benzene rings is 1. The number of hydrogen-bond acceptors (Lipinski definition) is 3. The molecular formula is C12H13ClN2O2. The fourth-order valence-corrected chi connectivity index (χ4v) is 3.35. The third-order valence-corrected chi connectivity index (χ3v) is 4.20. The summed E-state index contributed by atoms with van der Waals surface area (Å²) in [5.41, 5.74) is 1.12. The Morgan fingerprint density at radius 1 is 1.41 bits per heavy atom. The molecule has 5 heteroatoms. The molecule has 90 valence electrons. The summed E-state index contributed by atoms with van der Waals surface area (Å²) in [5, 5.41) is 14.5. The van der Waals surface area contributed by atoms with Crippen LogP contribution < -0.4 is 5.32 Å². The Hall–Kier alpha value is -1.13. The van der Waals surface area contributed by atoms with Crippen LogP contribution in [-0.4, -0.2) is 17.0 Å². The van der Waals surface area contributed by atoms with Gasteiger partial charge in [-0.3, -0.25) is 10.1 Å².